The minimum atomic E-state index is 0.940. The van der Waals surface area contributed by atoms with Crippen molar-refractivity contribution in [2.45, 2.75) is 33.1 Å². The van der Waals surface area contributed by atoms with Crippen LogP contribution in [0.15, 0.2) is 11.9 Å². The lowest BCUT2D eigenvalue weighted by molar-refractivity contribution is 0.716. The van der Waals surface area contributed by atoms with Crippen LogP contribution in [0.5, 0.6) is 0 Å². The lowest BCUT2D eigenvalue weighted by atomic mass is 10.3. The molecule has 0 rings (SSSR count). The van der Waals surface area contributed by atoms with E-state index in [4.69, 9.17) is 5.84 Å². The summed E-state index contributed by atoms with van der Waals surface area (Å²) in [5.41, 5.74) is 3.67. The van der Waals surface area contributed by atoms with Gasteiger partial charge in [0.15, 0.2) is 0 Å². The lowest BCUT2D eigenvalue weighted by Crippen LogP contribution is -2.23. The number of nitrogens with one attached hydrogen (secondary N) is 2. The fourth-order valence-electron chi connectivity index (χ4n) is 0.720. The molecule has 0 bridgehead atoms. The summed E-state index contributed by atoms with van der Waals surface area (Å²) in [4.78, 5) is 0. The van der Waals surface area contributed by atoms with E-state index < -0.39 is 0 Å². The number of hydrogen-bond donors (Lipinski definition) is 3. The van der Waals surface area contributed by atoms with E-state index in [0.29, 0.717) is 0 Å². The molecular formula is C8H19N3. The summed E-state index contributed by atoms with van der Waals surface area (Å²) in [6, 6.07) is 0. The van der Waals surface area contributed by atoms with Crippen molar-refractivity contribution in [1.82, 2.24) is 10.7 Å². The summed E-state index contributed by atoms with van der Waals surface area (Å²) in [7, 11) is 0. The summed E-state index contributed by atoms with van der Waals surface area (Å²) < 4.78 is 0. The smallest absolute Gasteiger partial charge is 0.0412 e. The summed E-state index contributed by atoms with van der Waals surface area (Å²) in [6.07, 6.45) is 5.31. The number of hydrogen-bond acceptors (Lipinski definition) is 3. The SMILES string of the molecule is CCCCN/C=C(/CC)NN. The molecule has 0 heterocycles. The highest BCUT2D eigenvalue weighted by atomic mass is 15.2. The van der Waals surface area contributed by atoms with Crippen LogP contribution < -0.4 is 16.6 Å². The number of hydrazine groups is 1. The molecule has 0 aliphatic heterocycles. The third-order valence-corrected chi connectivity index (χ3v) is 1.52. The van der Waals surface area contributed by atoms with Crippen LogP contribution in [0.3, 0.4) is 0 Å². The second-order valence-electron chi connectivity index (χ2n) is 2.48. The Bertz CT molecular complexity index is 104. The van der Waals surface area contributed by atoms with Gasteiger partial charge in [-0.25, -0.2) is 0 Å². The average Bonchev–Trinajstić information content (AvgIpc) is 2.05. The molecule has 0 fully saturated rings. The van der Waals surface area contributed by atoms with Gasteiger partial charge in [0.25, 0.3) is 0 Å². The van der Waals surface area contributed by atoms with Gasteiger partial charge in [0.05, 0.1) is 0 Å². The molecule has 0 aromatic heterocycles. The molecule has 3 heteroatoms. The van der Waals surface area contributed by atoms with Gasteiger partial charge in [-0.15, -0.1) is 0 Å². The molecule has 0 saturated heterocycles. The molecule has 0 unspecified atom stereocenters. The summed E-state index contributed by atoms with van der Waals surface area (Å²) in [6.45, 7) is 5.27. The van der Waals surface area contributed by atoms with Crippen molar-refractivity contribution in [2.75, 3.05) is 6.54 Å². The molecule has 0 atom stereocenters. The van der Waals surface area contributed by atoms with Crippen molar-refractivity contribution in [1.29, 1.82) is 0 Å². The zero-order chi connectivity index (χ0) is 8.53. The van der Waals surface area contributed by atoms with Gasteiger partial charge in [0.2, 0.25) is 0 Å². The Labute approximate surface area is 69.0 Å². The topological polar surface area (TPSA) is 50.1 Å². The van der Waals surface area contributed by atoms with Crippen molar-refractivity contribution in [3.8, 4) is 0 Å². The molecule has 11 heavy (non-hydrogen) atoms. The van der Waals surface area contributed by atoms with Gasteiger partial charge in [-0.1, -0.05) is 20.3 Å². The first-order valence-corrected chi connectivity index (χ1v) is 4.24. The molecule has 0 spiro atoms. The van der Waals surface area contributed by atoms with E-state index >= 15 is 0 Å². The minimum absolute atomic E-state index is 0.940. The molecule has 0 radical (unpaired) electrons. The van der Waals surface area contributed by atoms with Gasteiger partial charge in [-0.3, -0.25) is 5.84 Å². The Balaban J connectivity index is 3.37. The molecule has 3 nitrogen and oxygen atoms in total. The van der Waals surface area contributed by atoms with Gasteiger partial charge < -0.3 is 10.7 Å². The molecule has 0 saturated carbocycles. The molecular weight excluding hydrogens is 138 g/mol. The van der Waals surface area contributed by atoms with Gasteiger partial charge in [-0.2, -0.15) is 0 Å². The predicted molar refractivity (Wildman–Crippen MR) is 48.6 cm³/mol. The van der Waals surface area contributed by atoms with Crippen molar-refractivity contribution in [3.63, 3.8) is 0 Å². The highest BCUT2D eigenvalue weighted by Crippen LogP contribution is 1.90. The van der Waals surface area contributed by atoms with E-state index in [1.807, 2.05) is 6.20 Å². The van der Waals surface area contributed by atoms with Crippen molar-refractivity contribution >= 4 is 0 Å². The van der Waals surface area contributed by atoms with E-state index in [0.717, 1.165) is 18.7 Å². The molecule has 66 valence electrons. The molecule has 0 aliphatic rings. The number of allylic oxidation sites excluding steroid dienone is 1. The third kappa shape index (κ3) is 5.73. The fourth-order valence-corrected chi connectivity index (χ4v) is 0.720. The monoisotopic (exact) mass is 157 g/mol. The summed E-state index contributed by atoms with van der Waals surface area (Å²) in [5.74, 6) is 5.24. The first kappa shape index (κ1) is 10.3. The lowest BCUT2D eigenvalue weighted by Gasteiger charge is -2.04. The normalized spacial score (nSPS) is 11.4. The van der Waals surface area contributed by atoms with Crippen molar-refractivity contribution in [2.24, 2.45) is 5.84 Å². The summed E-state index contributed by atoms with van der Waals surface area (Å²) in [5, 5.41) is 3.18. The molecule has 0 aromatic rings. The first-order valence-electron chi connectivity index (χ1n) is 4.24. The fraction of sp³-hybridized carbons (Fsp3) is 0.750. The maximum absolute atomic E-state index is 5.24. The predicted octanol–water partition coefficient (Wildman–Crippen LogP) is 1.09. The Morgan fingerprint density at radius 2 is 2.18 bits per heavy atom. The van der Waals surface area contributed by atoms with Crippen LogP contribution in [-0.2, 0) is 0 Å². The molecule has 0 aromatic carbocycles. The van der Waals surface area contributed by atoms with Crippen LogP contribution in [0.2, 0.25) is 0 Å². The van der Waals surface area contributed by atoms with Gasteiger partial charge in [-0.05, 0) is 12.8 Å². The second-order valence-corrected chi connectivity index (χ2v) is 2.48. The molecule has 4 N–H and O–H groups in total. The van der Waals surface area contributed by atoms with Crippen LogP contribution in [0, 0.1) is 0 Å². The van der Waals surface area contributed by atoms with Crippen LogP contribution in [0.1, 0.15) is 33.1 Å². The first-order chi connectivity index (χ1) is 5.35. The van der Waals surface area contributed by atoms with Crippen molar-refractivity contribution in [3.05, 3.63) is 11.9 Å². The number of nitrogens with two attached hydrogens (primary N) is 1. The third-order valence-electron chi connectivity index (χ3n) is 1.52. The molecule has 0 amide bonds. The maximum atomic E-state index is 5.24. The van der Waals surface area contributed by atoms with Gasteiger partial charge >= 0.3 is 0 Å². The standard InChI is InChI=1S/C8H19N3/c1-3-5-6-10-7-8(4-2)11-9/h7,10-11H,3-6,9H2,1-2H3/b8-7-. The number of unbranched alkanes of at least 4 members (excludes halogenated alkanes) is 1. The van der Waals surface area contributed by atoms with Crippen LogP contribution >= 0.6 is 0 Å². The summed E-state index contributed by atoms with van der Waals surface area (Å²) >= 11 is 0. The zero-order valence-electron chi connectivity index (χ0n) is 7.48. The van der Waals surface area contributed by atoms with E-state index in [1.54, 1.807) is 0 Å². The van der Waals surface area contributed by atoms with E-state index in [-0.39, 0.29) is 0 Å². The highest BCUT2D eigenvalue weighted by molar-refractivity contribution is 4.94. The Kier molecular flexibility index (Phi) is 6.94. The Morgan fingerprint density at radius 3 is 2.64 bits per heavy atom. The average molecular weight is 157 g/mol. The van der Waals surface area contributed by atoms with E-state index in [2.05, 4.69) is 24.6 Å². The van der Waals surface area contributed by atoms with Crippen LogP contribution in [0.4, 0.5) is 0 Å². The van der Waals surface area contributed by atoms with Gasteiger partial charge in [0, 0.05) is 18.4 Å². The van der Waals surface area contributed by atoms with E-state index in [1.165, 1.54) is 12.8 Å². The minimum Gasteiger partial charge on any atom is -0.389 e. The quantitative estimate of drug-likeness (QED) is 0.307. The largest absolute Gasteiger partial charge is 0.389 e. The molecule has 0 aliphatic carbocycles. The van der Waals surface area contributed by atoms with Crippen LogP contribution in [0.25, 0.3) is 0 Å². The Morgan fingerprint density at radius 1 is 1.45 bits per heavy atom. The van der Waals surface area contributed by atoms with Crippen LogP contribution in [-0.4, -0.2) is 6.54 Å². The van der Waals surface area contributed by atoms with Gasteiger partial charge in [0.1, 0.15) is 0 Å². The number of rotatable bonds is 6. The van der Waals surface area contributed by atoms with E-state index in [9.17, 15) is 0 Å². The van der Waals surface area contributed by atoms with Crippen molar-refractivity contribution < 1.29 is 0 Å². The highest BCUT2D eigenvalue weighted by Gasteiger charge is 1.86. The zero-order valence-corrected chi connectivity index (χ0v) is 7.48. The maximum Gasteiger partial charge on any atom is 0.0412 e. The Hall–Kier alpha value is -0.700. The second kappa shape index (κ2) is 7.41.